The molecule has 128 valence electrons. The molecular formula is C18H25N5O. The lowest BCUT2D eigenvalue weighted by molar-refractivity contribution is 0.0697. The van der Waals surface area contributed by atoms with Crippen LogP contribution >= 0.6 is 0 Å². The minimum Gasteiger partial charge on any atom is -0.358 e. The molecule has 1 fully saturated rings. The maximum absolute atomic E-state index is 12.5. The average Bonchev–Trinajstić information content (AvgIpc) is 3.13. The number of piperidine rings is 1. The minimum atomic E-state index is 0.0974. The predicted molar refractivity (Wildman–Crippen MR) is 94.0 cm³/mol. The summed E-state index contributed by atoms with van der Waals surface area (Å²) in [6, 6.07) is 5.72. The minimum absolute atomic E-state index is 0.0974. The van der Waals surface area contributed by atoms with Crippen molar-refractivity contribution in [3.05, 3.63) is 42.4 Å². The van der Waals surface area contributed by atoms with Gasteiger partial charge in [0.2, 0.25) is 0 Å². The molecule has 1 aliphatic rings. The molecule has 1 aliphatic heterocycles. The number of rotatable bonds is 5. The van der Waals surface area contributed by atoms with E-state index in [2.05, 4.69) is 21.9 Å². The average molecular weight is 327 g/mol. The summed E-state index contributed by atoms with van der Waals surface area (Å²) in [5, 5.41) is 4.20. The van der Waals surface area contributed by atoms with Gasteiger partial charge in [0.15, 0.2) is 0 Å². The number of carbonyl (C=O) groups is 1. The number of hydrogen-bond acceptors (Lipinski definition) is 4. The van der Waals surface area contributed by atoms with Crippen molar-refractivity contribution in [1.29, 1.82) is 0 Å². The topological polar surface area (TPSA) is 54.3 Å². The molecule has 0 radical (unpaired) electrons. The zero-order valence-corrected chi connectivity index (χ0v) is 14.4. The highest BCUT2D eigenvalue weighted by atomic mass is 16.2. The lowest BCUT2D eigenvalue weighted by atomic mass is 9.99. The molecule has 0 unspecified atom stereocenters. The molecule has 0 aliphatic carbocycles. The first-order valence-electron chi connectivity index (χ1n) is 8.57. The number of pyridine rings is 1. The molecule has 24 heavy (non-hydrogen) atoms. The summed E-state index contributed by atoms with van der Waals surface area (Å²) in [6.45, 7) is 5.57. The third-order valence-electron chi connectivity index (χ3n) is 4.68. The summed E-state index contributed by atoms with van der Waals surface area (Å²) in [6.07, 6.45) is 7.60. The molecule has 6 heteroatoms. The van der Waals surface area contributed by atoms with Gasteiger partial charge in [0, 0.05) is 45.3 Å². The van der Waals surface area contributed by atoms with Crippen molar-refractivity contribution < 1.29 is 4.79 Å². The summed E-state index contributed by atoms with van der Waals surface area (Å²) in [5.74, 6) is 1.68. The highest BCUT2D eigenvalue weighted by molar-refractivity contribution is 5.94. The summed E-state index contributed by atoms with van der Waals surface area (Å²) in [4.78, 5) is 21.0. The van der Waals surface area contributed by atoms with E-state index >= 15 is 0 Å². The number of amides is 1. The van der Waals surface area contributed by atoms with Crippen LogP contribution < -0.4 is 4.90 Å². The first kappa shape index (κ1) is 16.5. The van der Waals surface area contributed by atoms with Gasteiger partial charge in [-0.3, -0.25) is 9.48 Å². The first-order valence-corrected chi connectivity index (χ1v) is 8.57. The van der Waals surface area contributed by atoms with E-state index in [1.165, 1.54) is 0 Å². The molecule has 0 aromatic carbocycles. The summed E-state index contributed by atoms with van der Waals surface area (Å²) < 4.78 is 1.89. The van der Waals surface area contributed by atoms with Gasteiger partial charge in [-0.2, -0.15) is 5.10 Å². The quantitative estimate of drug-likeness (QED) is 0.845. The molecule has 1 saturated heterocycles. The number of aromatic nitrogens is 3. The van der Waals surface area contributed by atoms with Crippen LogP contribution in [-0.2, 0) is 6.54 Å². The zero-order chi connectivity index (χ0) is 16.9. The van der Waals surface area contributed by atoms with E-state index in [1.807, 2.05) is 41.0 Å². The molecule has 0 bridgehead atoms. The fourth-order valence-electron chi connectivity index (χ4n) is 2.93. The first-order chi connectivity index (χ1) is 11.6. The van der Waals surface area contributed by atoms with E-state index in [-0.39, 0.29) is 5.91 Å². The Hall–Kier alpha value is -2.37. The normalized spacial score (nSPS) is 15.5. The Balaban J connectivity index is 1.57. The zero-order valence-electron chi connectivity index (χ0n) is 14.4. The summed E-state index contributed by atoms with van der Waals surface area (Å²) in [7, 11) is 2.00. The molecule has 0 saturated carbocycles. The molecule has 0 spiro atoms. The lowest BCUT2D eigenvalue weighted by Crippen LogP contribution is -2.38. The molecular weight excluding hydrogens is 302 g/mol. The Labute approximate surface area is 143 Å². The van der Waals surface area contributed by atoms with Crippen molar-refractivity contribution in [3.63, 3.8) is 0 Å². The van der Waals surface area contributed by atoms with Crippen LogP contribution in [0.25, 0.3) is 0 Å². The van der Waals surface area contributed by atoms with Gasteiger partial charge in [0.05, 0.1) is 12.1 Å². The monoisotopic (exact) mass is 327 g/mol. The molecule has 2 aromatic rings. The SMILES string of the molecule is CC1CCN(C(=O)c2ccc(N(C)CCn3cccn3)nc2)CC1. The Morgan fingerprint density at radius 3 is 2.75 bits per heavy atom. The van der Waals surface area contributed by atoms with Gasteiger partial charge in [-0.15, -0.1) is 0 Å². The molecule has 0 N–H and O–H groups in total. The van der Waals surface area contributed by atoms with Crippen molar-refractivity contribution in [3.8, 4) is 0 Å². The fourth-order valence-corrected chi connectivity index (χ4v) is 2.93. The van der Waals surface area contributed by atoms with Crippen molar-refractivity contribution in [2.45, 2.75) is 26.3 Å². The van der Waals surface area contributed by atoms with Crippen molar-refractivity contribution in [2.75, 3.05) is 31.6 Å². The number of nitrogens with zero attached hydrogens (tertiary/aromatic N) is 5. The number of likely N-dealkylation sites (N-methyl/N-ethyl adjacent to an activating group) is 1. The third kappa shape index (κ3) is 3.93. The van der Waals surface area contributed by atoms with E-state index < -0.39 is 0 Å². The van der Waals surface area contributed by atoms with Gasteiger partial charge in [0.25, 0.3) is 5.91 Å². The molecule has 3 heterocycles. The van der Waals surface area contributed by atoms with Crippen LogP contribution in [0.2, 0.25) is 0 Å². The van der Waals surface area contributed by atoms with Crippen LogP contribution in [0, 0.1) is 5.92 Å². The van der Waals surface area contributed by atoms with Crippen LogP contribution in [0.1, 0.15) is 30.1 Å². The van der Waals surface area contributed by atoms with Gasteiger partial charge >= 0.3 is 0 Å². The van der Waals surface area contributed by atoms with Crippen LogP contribution in [0.4, 0.5) is 5.82 Å². The second-order valence-corrected chi connectivity index (χ2v) is 6.57. The van der Waals surface area contributed by atoms with Crippen molar-refractivity contribution >= 4 is 11.7 Å². The maximum atomic E-state index is 12.5. The van der Waals surface area contributed by atoms with Crippen LogP contribution in [-0.4, -0.2) is 52.3 Å². The van der Waals surface area contributed by atoms with Crippen LogP contribution in [0.15, 0.2) is 36.8 Å². The summed E-state index contributed by atoms with van der Waals surface area (Å²) in [5.41, 5.74) is 0.675. The van der Waals surface area contributed by atoms with E-state index in [9.17, 15) is 4.79 Å². The predicted octanol–water partition coefficient (Wildman–Crippen LogP) is 2.29. The van der Waals surface area contributed by atoms with Gasteiger partial charge in [-0.25, -0.2) is 4.98 Å². The molecule has 6 nitrogen and oxygen atoms in total. The summed E-state index contributed by atoms with van der Waals surface area (Å²) >= 11 is 0. The number of likely N-dealkylation sites (tertiary alicyclic amines) is 1. The Kier molecular flexibility index (Phi) is 5.13. The molecule has 0 atom stereocenters. The van der Waals surface area contributed by atoms with E-state index in [0.717, 1.165) is 50.8 Å². The molecule has 2 aromatic heterocycles. The lowest BCUT2D eigenvalue weighted by Gasteiger charge is -2.30. The smallest absolute Gasteiger partial charge is 0.255 e. The largest absolute Gasteiger partial charge is 0.358 e. The number of anilines is 1. The van der Waals surface area contributed by atoms with E-state index in [4.69, 9.17) is 0 Å². The van der Waals surface area contributed by atoms with Crippen molar-refractivity contribution in [2.24, 2.45) is 5.92 Å². The molecule has 1 amide bonds. The van der Waals surface area contributed by atoms with Gasteiger partial charge in [0.1, 0.15) is 5.82 Å². The highest BCUT2D eigenvalue weighted by Crippen LogP contribution is 2.18. The van der Waals surface area contributed by atoms with Gasteiger partial charge < -0.3 is 9.80 Å². The highest BCUT2D eigenvalue weighted by Gasteiger charge is 2.21. The van der Waals surface area contributed by atoms with Crippen LogP contribution in [0.3, 0.4) is 0 Å². The van der Waals surface area contributed by atoms with Crippen molar-refractivity contribution in [1.82, 2.24) is 19.7 Å². The second kappa shape index (κ2) is 7.47. The van der Waals surface area contributed by atoms with Gasteiger partial charge in [-0.05, 0) is 37.0 Å². The molecule has 3 rings (SSSR count). The standard InChI is InChI=1S/C18H25N5O/c1-15-6-10-22(11-7-15)18(24)16-4-5-17(19-14-16)21(2)12-13-23-9-3-8-20-23/h3-5,8-9,14-15H,6-7,10-13H2,1-2H3. The Morgan fingerprint density at radius 1 is 1.33 bits per heavy atom. The number of carbonyl (C=O) groups excluding carboxylic acids is 1. The van der Waals surface area contributed by atoms with E-state index in [1.54, 1.807) is 12.4 Å². The maximum Gasteiger partial charge on any atom is 0.255 e. The number of hydrogen-bond donors (Lipinski definition) is 0. The van der Waals surface area contributed by atoms with Crippen LogP contribution in [0.5, 0.6) is 0 Å². The van der Waals surface area contributed by atoms with Gasteiger partial charge in [-0.1, -0.05) is 6.92 Å². The fraction of sp³-hybridized carbons (Fsp3) is 0.500. The van der Waals surface area contributed by atoms with E-state index in [0.29, 0.717) is 5.56 Å². The second-order valence-electron chi connectivity index (χ2n) is 6.57. The Bertz CT molecular complexity index is 645. The third-order valence-corrected chi connectivity index (χ3v) is 4.68. The Morgan fingerprint density at radius 2 is 2.12 bits per heavy atom.